The second kappa shape index (κ2) is 6.70. The van der Waals surface area contributed by atoms with E-state index in [-0.39, 0.29) is 24.0 Å². The molecule has 0 aromatic heterocycles. The van der Waals surface area contributed by atoms with E-state index >= 15 is 0 Å². The van der Waals surface area contributed by atoms with Crippen LogP contribution in [0.15, 0.2) is 30.3 Å². The van der Waals surface area contributed by atoms with Gasteiger partial charge in [-0.15, -0.1) is 0 Å². The quantitative estimate of drug-likeness (QED) is 0.844. The molecule has 2 heterocycles. The van der Waals surface area contributed by atoms with Crippen LogP contribution in [0.3, 0.4) is 0 Å². The molecule has 0 spiro atoms. The summed E-state index contributed by atoms with van der Waals surface area (Å²) in [5.74, 6) is 0.930. The summed E-state index contributed by atoms with van der Waals surface area (Å²) in [6.45, 7) is 9.82. The molecule has 136 valence electrons. The Labute approximate surface area is 149 Å². The van der Waals surface area contributed by atoms with Gasteiger partial charge in [0.15, 0.2) is 0 Å². The van der Waals surface area contributed by atoms with Crippen LogP contribution in [-0.4, -0.2) is 47.0 Å². The molecule has 0 saturated carbocycles. The second-order valence-corrected chi connectivity index (χ2v) is 8.33. The van der Waals surface area contributed by atoms with Crippen LogP contribution >= 0.6 is 0 Å². The Morgan fingerprint density at radius 2 is 1.76 bits per heavy atom. The van der Waals surface area contributed by atoms with E-state index in [0.717, 1.165) is 6.54 Å². The zero-order chi connectivity index (χ0) is 18.2. The van der Waals surface area contributed by atoms with Gasteiger partial charge in [-0.25, -0.2) is 4.79 Å². The highest BCUT2D eigenvalue weighted by Crippen LogP contribution is 2.39. The largest absolute Gasteiger partial charge is 0.444 e. The zero-order valence-electron chi connectivity index (χ0n) is 15.6. The summed E-state index contributed by atoms with van der Waals surface area (Å²) < 4.78 is 5.36. The molecule has 3 rings (SSSR count). The van der Waals surface area contributed by atoms with Crippen molar-refractivity contribution in [2.24, 2.45) is 11.8 Å². The number of carbonyl (C=O) groups excluding carboxylic acids is 2. The standard InChI is InChI=1S/C20H28N2O3/c1-14-11-22(18(14)16-8-6-5-7-9-16)17(23)10-15-12-21(13-15)19(24)25-20(2,3)4/h5-9,14-15,18H,10-13H2,1-4H3/t14-,18+/m1/s1. The molecule has 1 aromatic carbocycles. The maximum absolute atomic E-state index is 12.7. The first-order valence-electron chi connectivity index (χ1n) is 9.07. The molecule has 2 aliphatic rings. The number of nitrogens with zero attached hydrogens (tertiary/aromatic N) is 2. The van der Waals surface area contributed by atoms with Crippen molar-refractivity contribution in [2.45, 2.75) is 45.8 Å². The average molecular weight is 344 g/mol. The Kier molecular flexibility index (Phi) is 4.76. The van der Waals surface area contributed by atoms with Gasteiger partial charge in [0, 0.05) is 32.0 Å². The molecule has 5 nitrogen and oxygen atoms in total. The molecule has 1 aromatic rings. The lowest BCUT2D eigenvalue weighted by molar-refractivity contribution is -0.146. The minimum absolute atomic E-state index is 0.190. The number of rotatable bonds is 3. The Balaban J connectivity index is 1.49. The first-order chi connectivity index (χ1) is 11.7. The Hall–Kier alpha value is -2.04. The number of ether oxygens (including phenoxy) is 1. The van der Waals surface area contributed by atoms with Gasteiger partial charge in [-0.2, -0.15) is 0 Å². The normalized spacial score (nSPS) is 23.7. The van der Waals surface area contributed by atoms with Gasteiger partial charge >= 0.3 is 6.09 Å². The van der Waals surface area contributed by atoms with E-state index in [4.69, 9.17) is 4.74 Å². The SMILES string of the molecule is C[C@@H]1CN(C(=O)CC2CN(C(=O)OC(C)(C)C)C2)[C@@H]1c1ccccc1. The number of likely N-dealkylation sites (tertiary alicyclic amines) is 2. The van der Waals surface area contributed by atoms with Gasteiger partial charge in [-0.05, 0) is 32.3 Å². The number of carbonyl (C=O) groups is 2. The minimum Gasteiger partial charge on any atom is -0.444 e. The molecule has 0 aliphatic carbocycles. The van der Waals surface area contributed by atoms with E-state index in [0.29, 0.717) is 25.4 Å². The number of benzene rings is 1. The highest BCUT2D eigenvalue weighted by atomic mass is 16.6. The topological polar surface area (TPSA) is 49.9 Å². The van der Waals surface area contributed by atoms with E-state index in [1.54, 1.807) is 4.90 Å². The first-order valence-corrected chi connectivity index (χ1v) is 9.07. The van der Waals surface area contributed by atoms with Crippen molar-refractivity contribution in [3.8, 4) is 0 Å². The summed E-state index contributed by atoms with van der Waals surface area (Å²) in [5, 5.41) is 0. The number of hydrogen-bond donors (Lipinski definition) is 0. The van der Waals surface area contributed by atoms with Crippen molar-refractivity contribution < 1.29 is 14.3 Å². The Morgan fingerprint density at radius 1 is 1.12 bits per heavy atom. The fraction of sp³-hybridized carbons (Fsp3) is 0.600. The van der Waals surface area contributed by atoms with Crippen LogP contribution in [-0.2, 0) is 9.53 Å². The van der Waals surface area contributed by atoms with Crippen LogP contribution in [0.1, 0.15) is 45.7 Å². The van der Waals surface area contributed by atoms with Gasteiger partial charge in [-0.3, -0.25) is 4.79 Å². The third-order valence-corrected chi connectivity index (χ3v) is 4.89. The van der Waals surface area contributed by atoms with Crippen molar-refractivity contribution in [1.82, 2.24) is 9.80 Å². The maximum Gasteiger partial charge on any atom is 0.410 e. The molecule has 2 aliphatic heterocycles. The predicted octanol–water partition coefficient (Wildman–Crippen LogP) is 3.46. The molecule has 2 fully saturated rings. The van der Waals surface area contributed by atoms with Gasteiger partial charge in [0.25, 0.3) is 0 Å². The molecule has 5 heteroatoms. The van der Waals surface area contributed by atoms with Crippen LogP contribution in [0.25, 0.3) is 0 Å². The Bertz CT molecular complexity index is 632. The molecular formula is C20H28N2O3. The summed E-state index contributed by atoms with van der Waals surface area (Å²) in [4.78, 5) is 28.3. The third-order valence-electron chi connectivity index (χ3n) is 4.89. The van der Waals surface area contributed by atoms with Gasteiger partial charge in [0.05, 0.1) is 6.04 Å². The van der Waals surface area contributed by atoms with E-state index < -0.39 is 5.60 Å². The molecule has 2 atom stereocenters. The lowest BCUT2D eigenvalue weighted by Crippen LogP contribution is -2.55. The lowest BCUT2D eigenvalue weighted by atomic mass is 9.83. The number of hydrogen-bond acceptors (Lipinski definition) is 3. The molecule has 0 unspecified atom stereocenters. The van der Waals surface area contributed by atoms with Gasteiger partial charge in [-0.1, -0.05) is 37.3 Å². The molecule has 0 N–H and O–H groups in total. The summed E-state index contributed by atoms with van der Waals surface area (Å²) in [7, 11) is 0. The molecule has 2 amide bonds. The van der Waals surface area contributed by atoms with Crippen LogP contribution in [0.4, 0.5) is 4.79 Å². The lowest BCUT2D eigenvalue weighted by Gasteiger charge is -2.48. The summed E-state index contributed by atoms with van der Waals surface area (Å²) in [6, 6.07) is 10.4. The van der Waals surface area contributed by atoms with E-state index in [1.165, 1.54) is 5.56 Å². The highest BCUT2D eigenvalue weighted by Gasteiger charge is 2.42. The third kappa shape index (κ3) is 3.97. The summed E-state index contributed by atoms with van der Waals surface area (Å²) in [5.41, 5.74) is 0.730. The van der Waals surface area contributed by atoms with Crippen molar-refractivity contribution in [3.05, 3.63) is 35.9 Å². The Morgan fingerprint density at radius 3 is 2.32 bits per heavy atom. The van der Waals surface area contributed by atoms with Crippen LogP contribution < -0.4 is 0 Å². The van der Waals surface area contributed by atoms with Crippen molar-refractivity contribution in [3.63, 3.8) is 0 Å². The second-order valence-electron chi connectivity index (χ2n) is 8.33. The molecule has 2 saturated heterocycles. The fourth-order valence-corrected chi connectivity index (χ4v) is 3.65. The van der Waals surface area contributed by atoms with E-state index in [1.807, 2.05) is 43.9 Å². The van der Waals surface area contributed by atoms with Crippen LogP contribution in [0, 0.1) is 11.8 Å². The fourth-order valence-electron chi connectivity index (χ4n) is 3.65. The monoisotopic (exact) mass is 344 g/mol. The first kappa shape index (κ1) is 17.8. The maximum atomic E-state index is 12.7. The van der Waals surface area contributed by atoms with Crippen molar-refractivity contribution >= 4 is 12.0 Å². The van der Waals surface area contributed by atoms with Gasteiger partial charge in [0.2, 0.25) is 5.91 Å². The molecule has 0 bridgehead atoms. The number of amides is 2. The average Bonchev–Trinajstić information content (AvgIpc) is 2.46. The van der Waals surface area contributed by atoms with Crippen LogP contribution in [0.2, 0.25) is 0 Å². The highest BCUT2D eigenvalue weighted by molar-refractivity contribution is 5.78. The van der Waals surface area contributed by atoms with Gasteiger partial charge in [0.1, 0.15) is 5.60 Å². The van der Waals surface area contributed by atoms with Crippen LogP contribution in [0.5, 0.6) is 0 Å². The predicted molar refractivity (Wildman–Crippen MR) is 96.0 cm³/mol. The molecule has 25 heavy (non-hydrogen) atoms. The summed E-state index contributed by atoms with van der Waals surface area (Å²) >= 11 is 0. The summed E-state index contributed by atoms with van der Waals surface area (Å²) in [6.07, 6.45) is 0.228. The molecular weight excluding hydrogens is 316 g/mol. The smallest absolute Gasteiger partial charge is 0.410 e. The molecule has 0 radical (unpaired) electrons. The van der Waals surface area contributed by atoms with Gasteiger partial charge < -0.3 is 14.5 Å². The van der Waals surface area contributed by atoms with Crippen molar-refractivity contribution in [2.75, 3.05) is 19.6 Å². The minimum atomic E-state index is -0.478. The zero-order valence-corrected chi connectivity index (χ0v) is 15.6. The van der Waals surface area contributed by atoms with E-state index in [9.17, 15) is 9.59 Å². The van der Waals surface area contributed by atoms with E-state index in [2.05, 4.69) is 19.1 Å². The van der Waals surface area contributed by atoms with Crippen molar-refractivity contribution in [1.29, 1.82) is 0 Å².